The second-order valence-corrected chi connectivity index (χ2v) is 4.32. The second-order valence-electron chi connectivity index (χ2n) is 4.32. The first-order chi connectivity index (χ1) is 8.07. The first-order valence-electron chi connectivity index (χ1n) is 5.50. The third kappa shape index (κ3) is 3.09. The lowest BCUT2D eigenvalue weighted by molar-refractivity contribution is 0.537. The summed E-state index contributed by atoms with van der Waals surface area (Å²) in [6.07, 6.45) is 4.19. The van der Waals surface area contributed by atoms with E-state index in [0.29, 0.717) is 6.42 Å². The first-order valence-corrected chi connectivity index (χ1v) is 5.50. The van der Waals surface area contributed by atoms with Gasteiger partial charge in [-0.3, -0.25) is 0 Å². The van der Waals surface area contributed by atoms with E-state index in [0.717, 1.165) is 17.0 Å². The van der Waals surface area contributed by atoms with Crippen LogP contribution < -0.4 is 11.5 Å². The number of azo groups is 1. The molecule has 0 fully saturated rings. The van der Waals surface area contributed by atoms with Crippen LogP contribution in [0.15, 0.2) is 64.0 Å². The Morgan fingerprint density at radius 3 is 2.47 bits per heavy atom. The van der Waals surface area contributed by atoms with E-state index in [-0.39, 0.29) is 0 Å². The zero-order valence-corrected chi connectivity index (χ0v) is 9.80. The zero-order valence-electron chi connectivity index (χ0n) is 9.80. The van der Waals surface area contributed by atoms with Crippen LogP contribution in [0.25, 0.3) is 0 Å². The van der Waals surface area contributed by atoms with Crippen LogP contribution in [0.1, 0.15) is 13.3 Å². The number of nitrogens with two attached hydrogens (primary N) is 2. The number of hydrogen-bond acceptors (Lipinski definition) is 4. The standard InChI is InChI=1S/C13H16N4/c1-10-9-13(14,15)8-7-12(10)17-16-11-5-3-2-4-6-11/h2-8H,9,14-15H2,1H3. The van der Waals surface area contributed by atoms with Gasteiger partial charge in [-0.1, -0.05) is 18.2 Å². The molecule has 17 heavy (non-hydrogen) atoms. The Morgan fingerprint density at radius 2 is 1.82 bits per heavy atom. The van der Waals surface area contributed by atoms with Gasteiger partial charge in [0, 0.05) is 6.42 Å². The molecule has 0 aliphatic heterocycles. The highest BCUT2D eigenvalue weighted by Crippen LogP contribution is 2.24. The highest BCUT2D eigenvalue weighted by atomic mass is 15.1. The van der Waals surface area contributed by atoms with Crippen LogP contribution in [-0.2, 0) is 0 Å². The monoisotopic (exact) mass is 228 g/mol. The summed E-state index contributed by atoms with van der Waals surface area (Å²) >= 11 is 0. The fraction of sp³-hybridized carbons (Fsp3) is 0.231. The molecule has 1 aliphatic rings. The molecule has 0 aromatic heterocycles. The van der Waals surface area contributed by atoms with E-state index in [1.165, 1.54) is 0 Å². The van der Waals surface area contributed by atoms with Crippen molar-refractivity contribution in [2.75, 3.05) is 0 Å². The van der Waals surface area contributed by atoms with Gasteiger partial charge in [0.2, 0.25) is 0 Å². The Bertz CT molecular complexity index is 483. The normalized spacial score (nSPS) is 19.0. The van der Waals surface area contributed by atoms with Gasteiger partial charge < -0.3 is 11.5 Å². The molecule has 0 saturated heterocycles. The van der Waals surface area contributed by atoms with Crippen molar-refractivity contribution < 1.29 is 0 Å². The molecule has 0 saturated carbocycles. The molecule has 0 heterocycles. The number of nitrogens with zero attached hydrogens (tertiary/aromatic N) is 2. The molecule has 4 heteroatoms. The molecular weight excluding hydrogens is 212 g/mol. The van der Waals surface area contributed by atoms with E-state index in [2.05, 4.69) is 10.2 Å². The lowest BCUT2D eigenvalue weighted by Crippen LogP contribution is -2.48. The van der Waals surface area contributed by atoms with Crippen LogP contribution in [0.4, 0.5) is 5.69 Å². The molecule has 0 amide bonds. The van der Waals surface area contributed by atoms with Gasteiger partial charge in [-0.2, -0.15) is 10.2 Å². The van der Waals surface area contributed by atoms with Crippen LogP contribution in [-0.4, -0.2) is 5.66 Å². The summed E-state index contributed by atoms with van der Waals surface area (Å²) in [6, 6.07) is 9.61. The summed E-state index contributed by atoms with van der Waals surface area (Å²) in [4.78, 5) is 0. The van der Waals surface area contributed by atoms with Crippen molar-refractivity contribution in [2.24, 2.45) is 21.7 Å². The van der Waals surface area contributed by atoms with Crippen molar-refractivity contribution in [1.82, 2.24) is 0 Å². The van der Waals surface area contributed by atoms with Crippen LogP contribution >= 0.6 is 0 Å². The molecule has 0 atom stereocenters. The summed E-state index contributed by atoms with van der Waals surface area (Å²) in [7, 11) is 0. The summed E-state index contributed by atoms with van der Waals surface area (Å²) in [5, 5.41) is 8.37. The van der Waals surface area contributed by atoms with Gasteiger partial charge in [-0.05, 0) is 36.8 Å². The SMILES string of the molecule is CC1=C(N=Nc2ccccc2)C=CC(N)(N)C1. The van der Waals surface area contributed by atoms with E-state index >= 15 is 0 Å². The number of allylic oxidation sites excluding steroid dienone is 1. The van der Waals surface area contributed by atoms with Crippen molar-refractivity contribution in [2.45, 2.75) is 19.0 Å². The van der Waals surface area contributed by atoms with Crippen molar-refractivity contribution in [1.29, 1.82) is 0 Å². The Hall–Kier alpha value is -1.78. The average Bonchev–Trinajstić information content (AvgIpc) is 2.28. The maximum Gasteiger partial charge on any atom is 0.0871 e. The number of rotatable bonds is 2. The predicted octanol–water partition coefficient (Wildman–Crippen LogP) is 2.62. The molecule has 0 spiro atoms. The Morgan fingerprint density at radius 1 is 1.12 bits per heavy atom. The van der Waals surface area contributed by atoms with Gasteiger partial charge >= 0.3 is 0 Å². The van der Waals surface area contributed by atoms with E-state index in [1.807, 2.05) is 43.3 Å². The lowest BCUT2D eigenvalue weighted by atomic mass is 9.95. The van der Waals surface area contributed by atoms with Gasteiger partial charge in [-0.15, -0.1) is 0 Å². The molecule has 88 valence electrons. The van der Waals surface area contributed by atoms with E-state index < -0.39 is 5.66 Å². The smallest absolute Gasteiger partial charge is 0.0871 e. The summed E-state index contributed by atoms with van der Waals surface area (Å²) in [5.41, 5.74) is 13.6. The molecule has 0 bridgehead atoms. The third-order valence-corrected chi connectivity index (χ3v) is 2.59. The molecule has 4 nitrogen and oxygen atoms in total. The molecule has 1 aromatic carbocycles. The molecule has 1 aliphatic carbocycles. The maximum atomic E-state index is 5.82. The predicted molar refractivity (Wildman–Crippen MR) is 68.5 cm³/mol. The van der Waals surface area contributed by atoms with E-state index in [4.69, 9.17) is 11.5 Å². The largest absolute Gasteiger partial charge is 0.310 e. The van der Waals surface area contributed by atoms with Crippen LogP contribution in [0.2, 0.25) is 0 Å². The van der Waals surface area contributed by atoms with Crippen LogP contribution in [0.3, 0.4) is 0 Å². The second kappa shape index (κ2) is 4.61. The zero-order chi connectivity index (χ0) is 12.3. The molecule has 0 radical (unpaired) electrons. The molecule has 4 N–H and O–H groups in total. The Labute approximate surface area is 101 Å². The molecule has 0 unspecified atom stereocenters. The molecule has 2 rings (SSSR count). The van der Waals surface area contributed by atoms with Crippen molar-refractivity contribution in [3.63, 3.8) is 0 Å². The van der Waals surface area contributed by atoms with Crippen LogP contribution in [0, 0.1) is 0 Å². The number of hydrogen-bond donors (Lipinski definition) is 2. The van der Waals surface area contributed by atoms with Gasteiger partial charge in [0.1, 0.15) is 0 Å². The van der Waals surface area contributed by atoms with Gasteiger partial charge in [0.15, 0.2) is 0 Å². The van der Waals surface area contributed by atoms with E-state index in [1.54, 1.807) is 6.08 Å². The molecular formula is C13H16N4. The third-order valence-electron chi connectivity index (χ3n) is 2.59. The van der Waals surface area contributed by atoms with Crippen molar-refractivity contribution in [3.05, 3.63) is 53.8 Å². The van der Waals surface area contributed by atoms with Crippen molar-refractivity contribution >= 4 is 5.69 Å². The van der Waals surface area contributed by atoms with Gasteiger partial charge in [0.25, 0.3) is 0 Å². The highest BCUT2D eigenvalue weighted by Gasteiger charge is 2.21. The maximum absolute atomic E-state index is 5.82. The quantitative estimate of drug-likeness (QED) is 0.603. The number of benzene rings is 1. The van der Waals surface area contributed by atoms with Gasteiger partial charge in [0.05, 0.1) is 17.0 Å². The highest BCUT2D eigenvalue weighted by molar-refractivity contribution is 5.37. The minimum atomic E-state index is -0.754. The molecule has 1 aromatic rings. The first kappa shape index (κ1) is 11.7. The fourth-order valence-corrected chi connectivity index (χ4v) is 1.71. The average molecular weight is 228 g/mol. The summed E-state index contributed by atoms with van der Waals surface area (Å²) in [6.45, 7) is 1.97. The van der Waals surface area contributed by atoms with E-state index in [9.17, 15) is 0 Å². The fourth-order valence-electron chi connectivity index (χ4n) is 1.71. The minimum absolute atomic E-state index is 0.604. The lowest BCUT2D eigenvalue weighted by Gasteiger charge is -2.24. The Balaban J connectivity index is 2.16. The van der Waals surface area contributed by atoms with Gasteiger partial charge in [-0.25, -0.2) is 0 Å². The summed E-state index contributed by atoms with van der Waals surface area (Å²) < 4.78 is 0. The van der Waals surface area contributed by atoms with Crippen LogP contribution in [0.5, 0.6) is 0 Å². The summed E-state index contributed by atoms with van der Waals surface area (Å²) in [5.74, 6) is 0. The topological polar surface area (TPSA) is 76.8 Å². The minimum Gasteiger partial charge on any atom is -0.310 e. The Kier molecular flexibility index (Phi) is 3.17. The van der Waals surface area contributed by atoms with Crippen molar-refractivity contribution in [3.8, 4) is 0 Å².